The zero-order valence-corrected chi connectivity index (χ0v) is 9.52. The van der Waals surface area contributed by atoms with E-state index in [1.165, 1.54) is 19.3 Å². The van der Waals surface area contributed by atoms with Gasteiger partial charge >= 0.3 is 0 Å². The summed E-state index contributed by atoms with van der Waals surface area (Å²) in [5, 5.41) is 14.2. The minimum absolute atomic E-state index is 0.220. The molecule has 1 saturated heterocycles. The lowest BCUT2D eigenvalue weighted by molar-refractivity contribution is 0.401. The summed E-state index contributed by atoms with van der Waals surface area (Å²) in [6, 6.07) is 2.04. The number of hydrogen-bond donors (Lipinski definition) is 2. The van der Waals surface area contributed by atoms with Crippen LogP contribution in [-0.4, -0.2) is 26.9 Å². The van der Waals surface area contributed by atoms with Gasteiger partial charge in [-0.3, -0.25) is 5.10 Å². The van der Waals surface area contributed by atoms with Crippen molar-refractivity contribution < 1.29 is 4.52 Å². The molecule has 0 aliphatic carbocycles. The zero-order valence-electron chi connectivity index (χ0n) is 9.52. The van der Waals surface area contributed by atoms with E-state index in [0.717, 1.165) is 24.5 Å². The van der Waals surface area contributed by atoms with Gasteiger partial charge in [-0.05, 0) is 25.5 Å². The molecule has 1 aliphatic heterocycles. The second kappa shape index (κ2) is 4.67. The largest absolute Gasteiger partial charge is 0.332 e. The molecule has 6 heteroatoms. The molecular weight excluding hydrogens is 218 g/mol. The van der Waals surface area contributed by atoms with Crippen molar-refractivity contribution in [3.63, 3.8) is 0 Å². The zero-order chi connectivity index (χ0) is 11.5. The first-order chi connectivity index (χ1) is 8.43. The highest BCUT2D eigenvalue weighted by Crippen LogP contribution is 2.22. The average molecular weight is 233 g/mol. The molecule has 2 aromatic rings. The minimum atomic E-state index is 0.220. The summed E-state index contributed by atoms with van der Waals surface area (Å²) in [6.45, 7) is 1.03. The molecule has 0 bridgehead atoms. The Morgan fingerprint density at radius 3 is 3.18 bits per heavy atom. The van der Waals surface area contributed by atoms with Crippen LogP contribution in [-0.2, 0) is 0 Å². The van der Waals surface area contributed by atoms with E-state index in [1.807, 2.05) is 6.07 Å². The van der Waals surface area contributed by atoms with E-state index in [1.54, 1.807) is 6.20 Å². The number of rotatable bonds is 2. The summed E-state index contributed by atoms with van der Waals surface area (Å²) < 4.78 is 5.23. The number of aromatic nitrogens is 4. The topological polar surface area (TPSA) is 79.6 Å². The van der Waals surface area contributed by atoms with Gasteiger partial charge in [-0.15, -0.1) is 0 Å². The third kappa shape index (κ3) is 2.21. The van der Waals surface area contributed by atoms with E-state index in [0.29, 0.717) is 5.89 Å². The predicted molar refractivity (Wildman–Crippen MR) is 61.1 cm³/mol. The standard InChI is InChI=1S/C11H15N5O/c1-2-4-8(12-6-3-1)10-14-11(17-16-10)9-5-7-13-15-9/h5,7-8,12H,1-4,6H2,(H,13,15). The highest BCUT2D eigenvalue weighted by atomic mass is 16.5. The van der Waals surface area contributed by atoms with Crippen LogP contribution in [0.15, 0.2) is 16.8 Å². The average Bonchev–Trinajstić information content (AvgIpc) is 2.95. The first-order valence-electron chi connectivity index (χ1n) is 6.00. The Hall–Kier alpha value is -1.69. The van der Waals surface area contributed by atoms with Gasteiger partial charge in [-0.2, -0.15) is 10.1 Å². The lowest BCUT2D eigenvalue weighted by Crippen LogP contribution is -2.21. The van der Waals surface area contributed by atoms with Crippen LogP contribution in [0.25, 0.3) is 11.6 Å². The molecule has 2 aromatic heterocycles. The van der Waals surface area contributed by atoms with Crippen molar-refractivity contribution in [2.24, 2.45) is 0 Å². The van der Waals surface area contributed by atoms with Gasteiger partial charge in [0.2, 0.25) is 0 Å². The predicted octanol–water partition coefficient (Wildman–Crippen LogP) is 1.66. The van der Waals surface area contributed by atoms with E-state index < -0.39 is 0 Å². The van der Waals surface area contributed by atoms with Crippen molar-refractivity contribution in [2.75, 3.05) is 6.54 Å². The van der Waals surface area contributed by atoms with Crippen molar-refractivity contribution in [1.29, 1.82) is 0 Å². The van der Waals surface area contributed by atoms with E-state index >= 15 is 0 Å². The first-order valence-corrected chi connectivity index (χ1v) is 6.00. The second-order valence-corrected chi connectivity index (χ2v) is 4.28. The number of nitrogens with one attached hydrogen (secondary N) is 2. The molecule has 0 radical (unpaired) electrons. The molecule has 17 heavy (non-hydrogen) atoms. The molecule has 1 atom stereocenters. The van der Waals surface area contributed by atoms with Crippen molar-refractivity contribution in [3.05, 3.63) is 18.1 Å². The van der Waals surface area contributed by atoms with Gasteiger partial charge in [0.1, 0.15) is 5.69 Å². The monoisotopic (exact) mass is 233 g/mol. The summed E-state index contributed by atoms with van der Waals surface area (Å²) in [5.74, 6) is 1.25. The van der Waals surface area contributed by atoms with Gasteiger partial charge in [0.05, 0.1) is 6.04 Å². The van der Waals surface area contributed by atoms with E-state index in [2.05, 4.69) is 25.7 Å². The normalized spacial score (nSPS) is 21.3. The van der Waals surface area contributed by atoms with E-state index in [-0.39, 0.29) is 6.04 Å². The van der Waals surface area contributed by atoms with Crippen LogP contribution >= 0.6 is 0 Å². The first kappa shape index (κ1) is 10.5. The fourth-order valence-electron chi connectivity index (χ4n) is 2.11. The van der Waals surface area contributed by atoms with Crippen LogP contribution in [0.1, 0.15) is 37.5 Å². The van der Waals surface area contributed by atoms with Crippen LogP contribution < -0.4 is 5.32 Å². The SMILES string of the molecule is c1cc(-c2nc(C3CCCCCN3)no2)[nH]n1. The van der Waals surface area contributed by atoms with Gasteiger partial charge in [0.25, 0.3) is 5.89 Å². The third-order valence-corrected chi connectivity index (χ3v) is 3.04. The molecular formula is C11H15N5O. The second-order valence-electron chi connectivity index (χ2n) is 4.28. The third-order valence-electron chi connectivity index (χ3n) is 3.04. The van der Waals surface area contributed by atoms with Gasteiger partial charge in [-0.1, -0.05) is 18.0 Å². The molecule has 1 unspecified atom stereocenters. The Balaban J connectivity index is 1.79. The Morgan fingerprint density at radius 2 is 2.29 bits per heavy atom. The summed E-state index contributed by atoms with van der Waals surface area (Å²) in [4.78, 5) is 4.41. The maximum Gasteiger partial charge on any atom is 0.275 e. The van der Waals surface area contributed by atoms with Gasteiger partial charge in [0, 0.05) is 6.20 Å². The fourth-order valence-corrected chi connectivity index (χ4v) is 2.11. The van der Waals surface area contributed by atoms with E-state index in [9.17, 15) is 0 Å². The Labute approximate surface area is 98.8 Å². The van der Waals surface area contributed by atoms with E-state index in [4.69, 9.17) is 4.52 Å². The molecule has 0 saturated carbocycles. The number of hydrogen-bond acceptors (Lipinski definition) is 5. The lowest BCUT2D eigenvalue weighted by atomic mass is 10.1. The summed E-state index contributed by atoms with van der Waals surface area (Å²) in [7, 11) is 0. The maximum atomic E-state index is 5.23. The van der Waals surface area contributed by atoms with Gasteiger partial charge < -0.3 is 9.84 Å². The molecule has 1 aliphatic rings. The lowest BCUT2D eigenvalue weighted by Gasteiger charge is -2.09. The summed E-state index contributed by atoms with van der Waals surface area (Å²) >= 11 is 0. The fraction of sp³-hybridized carbons (Fsp3) is 0.545. The van der Waals surface area contributed by atoms with Crippen molar-refractivity contribution in [1.82, 2.24) is 25.7 Å². The number of nitrogens with zero attached hydrogens (tertiary/aromatic N) is 3. The Kier molecular flexibility index (Phi) is 2.87. The molecule has 90 valence electrons. The van der Waals surface area contributed by atoms with Crippen LogP contribution in [0.5, 0.6) is 0 Å². The maximum absolute atomic E-state index is 5.23. The number of H-pyrrole nitrogens is 1. The molecule has 6 nitrogen and oxygen atoms in total. The molecule has 2 N–H and O–H groups in total. The van der Waals surface area contributed by atoms with Crippen molar-refractivity contribution in [2.45, 2.75) is 31.7 Å². The number of aromatic amines is 1. The highest BCUT2D eigenvalue weighted by molar-refractivity contribution is 5.44. The molecule has 3 rings (SSSR count). The van der Waals surface area contributed by atoms with Crippen LogP contribution in [0, 0.1) is 0 Å². The Morgan fingerprint density at radius 1 is 1.29 bits per heavy atom. The summed E-state index contributed by atoms with van der Waals surface area (Å²) in [6.07, 6.45) is 6.45. The van der Waals surface area contributed by atoms with Crippen LogP contribution in [0.4, 0.5) is 0 Å². The highest BCUT2D eigenvalue weighted by Gasteiger charge is 2.20. The quantitative estimate of drug-likeness (QED) is 0.824. The molecule has 0 spiro atoms. The van der Waals surface area contributed by atoms with Crippen molar-refractivity contribution >= 4 is 0 Å². The molecule has 1 fully saturated rings. The van der Waals surface area contributed by atoms with Gasteiger partial charge in [0.15, 0.2) is 5.82 Å². The van der Waals surface area contributed by atoms with Crippen LogP contribution in [0.2, 0.25) is 0 Å². The molecule has 3 heterocycles. The smallest absolute Gasteiger partial charge is 0.275 e. The van der Waals surface area contributed by atoms with Crippen LogP contribution in [0.3, 0.4) is 0 Å². The Bertz CT molecular complexity index is 456. The molecule has 0 aromatic carbocycles. The van der Waals surface area contributed by atoms with Gasteiger partial charge in [-0.25, -0.2) is 0 Å². The van der Waals surface area contributed by atoms with Crippen molar-refractivity contribution in [3.8, 4) is 11.6 Å². The minimum Gasteiger partial charge on any atom is -0.332 e. The summed E-state index contributed by atoms with van der Waals surface area (Å²) in [5.41, 5.74) is 0.761. The molecule has 0 amide bonds.